The number of hydrogen-bond donors (Lipinski definition) is 2. The number of urea groups is 2. The van der Waals surface area contributed by atoms with Crippen molar-refractivity contribution < 1.29 is 9.59 Å². The largest absolute Gasteiger partial charge is 0.322 e. The van der Waals surface area contributed by atoms with Crippen molar-refractivity contribution in [1.29, 1.82) is 0 Å². The highest BCUT2D eigenvalue weighted by Crippen LogP contribution is 1.94. The number of alkyl halides is 4. The minimum atomic E-state index is -0.342. The molecule has 0 aliphatic rings. The minimum absolute atomic E-state index is 0.316. The maximum atomic E-state index is 11.8. The van der Waals surface area contributed by atoms with Crippen molar-refractivity contribution >= 4 is 58.5 Å². The van der Waals surface area contributed by atoms with E-state index in [1.165, 1.54) is 22.2 Å². The maximum absolute atomic E-state index is 11.8. The van der Waals surface area contributed by atoms with Crippen LogP contribution in [0.15, 0.2) is 12.4 Å². The third-order valence-electron chi connectivity index (χ3n) is 2.49. The van der Waals surface area contributed by atoms with Crippen molar-refractivity contribution in [3.05, 3.63) is 12.4 Å². The van der Waals surface area contributed by atoms with Gasteiger partial charge in [0.15, 0.2) is 0 Å². The molecule has 0 saturated heterocycles. The third-order valence-corrected chi connectivity index (χ3v) is 3.17. The summed E-state index contributed by atoms with van der Waals surface area (Å²) in [5.74, 6) is 1.26. The molecular weight excluding hydrogens is 374 g/mol. The first-order valence-electron chi connectivity index (χ1n) is 6.60. The summed E-state index contributed by atoms with van der Waals surface area (Å²) < 4.78 is 0. The minimum Gasteiger partial charge on any atom is -0.322 e. The molecule has 2 N–H and O–H groups in total. The smallest absolute Gasteiger partial charge is 0.321 e. The Morgan fingerprint density at radius 3 is 1.18 bits per heavy atom. The molecule has 0 aliphatic heterocycles. The Morgan fingerprint density at radius 2 is 0.955 bits per heavy atom. The van der Waals surface area contributed by atoms with E-state index in [0.717, 1.165) is 0 Å². The summed E-state index contributed by atoms with van der Waals surface area (Å²) >= 11 is 22.4. The van der Waals surface area contributed by atoms with Gasteiger partial charge in [-0.25, -0.2) is 9.59 Å². The topological polar surface area (TPSA) is 64.7 Å². The lowest BCUT2D eigenvalue weighted by molar-refractivity contribution is 0.205. The van der Waals surface area contributed by atoms with Gasteiger partial charge in [0, 0.05) is 62.1 Å². The number of nitrogens with one attached hydrogen (secondary N) is 2. The van der Waals surface area contributed by atoms with Gasteiger partial charge in [0.2, 0.25) is 0 Å². The van der Waals surface area contributed by atoms with Gasteiger partial charge in [-0.15, -0.1) is 46.4 Å². The molecule has 0 aromatic rings. The molecule has 0 heterocycles. The van der Waals surface area contributed by atoms with Crippen LogP contribution < -0.4 is 10.6 Å². The Morgan fingerprint density at radius 1 is 0.682 bits per heavy atom. The number of carbonyl (C=O) groups is 2. The summed E-state index contributed by atoms with van der Waals surface area (Å²) in [6.07, 6.45) is 2.66. The fraction of sp³-hybridized carbons (Fsp3) is 0.667. The molecule has 0 spiro atoms. The standard InChI is InChI=1S/C12H20Cl4N4O2/c13-1-7-19(8-2-14)11(21)17-5-6-18-12(22)20(9-3-15)10-4-16/h5-6H,1-4,7-10H2,(H,17,21)(H,18,22). The lowest BCUT2D eigenvalue weighted by Crippen LogP contribution is -2.41. The van der Waals surface area contributed by atoms with Crippen molar-refractivity contribution in [3.8, 4) is 0 Å². The van der Waals surface area contributed by atoms with Crippen LogP contribution in [0, 0.1) is 0 Å². The molecule has 22 heavy (non-hydrogen) atoms. The van der Waals surface area contributed by atoms with E-state index in [9.17, 15) is 9.59 Å². The molecule has 0 aromatic heterocycles. The first-order valence-corrected chi connectivity index (χ1v) is 8.74. The van der Waals surface area contributed by atoms with Crippen LogP contribution in [-0.2, 0) is 0 Å². The summed E-state index contributed by atoms with van der Waals surface area (Å²) in [5.41, 5.74) is 0. The third kappa shape index (κ3) is 9.46. The average Bonchev–Trinajstić information content (AvgIpc) is 2.50. The molecule has 0 aliphatic carbocycles. The first kappa shape index (κ1) is 21.4. The first-order chi connectivity index (χ1) is 10.6. The van der Waals surface area contributed by atoms with Crippen molar-refractivity contribution in [2.24, 2.45) is 0 Å². The van der Waals surface area contributed by atoms with E-state index >= 15 is 0 Å². The summed E-state index contributed by atoms with van der Waals surface area (Å²) in [4.78, 5) is 26.5. The van der Waals surface area contributed by atoms with Crippen LogP contribution in [0.25, 0.3) is 0 Å². The van der Waals surface area contributed by atoms with Crippen molar-refractivity contribution in [2.45, 2.75) is 0 Å². The van der Waals surface area contributed by atoms with Crippen LogP contribution in [0.1, 0.15) is 0 Å². The highest BCUT2D eigenvalue weighted by molar-refractivity contribution is 6.19. The van der Waals surface area contributed by atoms with E-state index in [2.05, 4.69) is 10.6 Å². The van der Waals surface area contributed by atoms with Gasteiger partial charge in [-0.2, -0.15) is 0 Å². The highest BCUT2D eigenvalue weighted by Gasteiger charge is 2.11. The van der Waals surface area contributed by atoms with E-state index in [0.29, 0.717) is 49.7 Å². The molecule has 0 radical (unpaired) electrons. The molecule has 0 fully saturated rings. The zero-order valence-electron chi connectivity index (χ0n) is 12.0. The number of rotatable bonds is 10. The van der Waals surface area contributed by atoms with Crippen LogP contribution in [-0.4, -0.2) is 71.6 Å². The van der Waals surface area contributed by atoms with Gasteiger partial charge in [-0.1, -0.05) is 0 Å². The quantitative estimate of drug-likeness (QED) is 0.560. The SMILES string of the molecule is O=C(NC=CNC(=O)N(CCCl)CCCl)N(CCCl)CCCl. The van der Waals surface area contributed by atoms with Gasteiger partial charge in [0.25, 0.3) is 0 Å². The van der Waals surface area contributed by atoms with Crippen LogP contribution in [0.2, 0.25) is 0 Å². The Kier molecular flexibility index (Phi) is 13.7. The van der Waals surface area contributed by atoms with Crippen LogP contribution in [0.3, 0.4) is 0 Å². The normalized spacial score (nSPS) is 10.5. The monoisotopic (exact) mass is 392 g/mol. The molecular formula is C12H20Cl4N4O2. The molecule has 0 bridgehead atoms. The van der Waals surface area contributed by atoms with E-state index in [1.807, 2.05) is 0 Å². The molecule has 0 saturated carbocycles. The van der Waals surface area contributed by atoms with Crippen molar-refractivity contribution in [2.75, 3.05) is 49.7 Å². The number of amides is 4. The predicted molar refractivity (Wildman–Crippen MR) is 92.2 cm³/mol. The zero-order chi connectivity index (χ0) is 16.8. The Balaban J connectivity index is 4.25. The zero-order valence-corrected chi connectivity index (χ0v) is 15.1. The molecule has 0 rings (SSSR count). The van der Waals surface area contributed by atoms with Gasteiger partial charge in [-0.3, -0.25) is 0 Å². The average molecular weight is 394 g/mol. The fourth-order valence-corrected chi connectivity index (χ4v) is 2.26. The van der Waals surface area contributed by atoms with Gasteiger partial charge in [0.05, 0.1) is 0 Å². The van der Waals surface area contributed by atoms with Crippen LogP contribution in [0.5, 0.6) is 0 Å². The Bertz CT molecular complexity index is 314. The second-order valence-electron chi connectivity index (χ2n) is 3.96. The second-order valence-corrected chi connectivity index (χ2v) is 5.47. The van der Waals surface area contributed by atoms with Gasteiger partial charge in [0.1, 0.15) is 0 Å². The molecule has 6 nitrogen and oxygen atoms in total. The molecule has 10 heteroatoms. The molecule has 0 atom stereocenters. The predicted octanol–water partition coefficient (Wildman–Crippen LogP) is 2.44. The van der Waals surface area contributed by atoms with Crippen molar-refractivity contribution in [1.82, 2.24) is 20.4 Å². The Labute approximate surface area is 150 Å². The summed E-state index contributed by atoms with van der Waals surface area (Å²) in [6, 6.07) is -0.685. The summed E-state index contributed by atoms with van der Waals surface area (Å²) in [7, 11) is 0. The van der Waals surface area contributed by atoms with E-state index in [1.54, 1.807) is 0 Å². The molecule has 4 amide bonds. The van der Waals surface area contributed by atoms with Gasteiger partial charge < -0.3 is 20.4 Å². The van der Waals surface area contributed by atoms with E-state index in [4.69, 9.17) is 46.4 Å². The van der Waals surface area contributed by atoms with E-state index < -0.39 is 0 Å². The van der Waals surface area contributed by atoms with Crippen LogP contribution >= 0.6 is 46.4 Å². The lowest BCUT2D eigenvalue weighted by Gasteiger charge is -2.20. The maximum Gasteiger partial charge on any atom is 0.321 e. The molecule has 0 unspecified atom stereocenters. The number of carbonyl (C=O) groups excluding carboxylic acids is 2. The summed E-state index contributed by atoms with van der Waals surface area (Å²) in [5, 5.41) is 5.03. The van der Waals surface area contributed by atoms with Gasteiger partial charge >= 0.3 is 12.1 Å². The van der Waals surface area contributed by atoms with Crippen LogP contribution in [0.4, 0.5) is 9.59 Å². The van der Waals surface area contributed by atoms with E-state index in [-0.39, 0.29) is 12.1 Å². The van der Waals surface area contributed by atoms with Gasteiger partial charge in [-0.05, 0) is 0 Å². The summed E-state index contributed by atoms with van der Waals surface area (Å²) in [6.45, 7) is 1.55. The molecule has 128 valence electrons. The highest BCUT2D eigenvalue weighted by atomic mass is 35.5. The second kappa shape index (κ2) is 14.1. The van der Waals surface area contributed by atoms with Crippen molar-refractivity contribution in [3.63, 3.8) is 0 Å². The number of hydrogen-bond acceptors (Lipinski definition) is 2. The number of halogens is 4. The Hall–Kier alpha value is -0.560. The fourth-order valence-electron chi connectivity index (χ4n) is 1.45. The lowest BCUT2D eigenvalue weighted by atomic mass is 10.5. The number of nitrogens with zero attached hydrogens (tertiary/aromatic N) is 2. The molecule has 0 aromatic carbocycles.